The van der Waals surface area contributed by atoms with Gasteiger partial charge in [0.05, 0.1) is 31.7 Å². The number of ether oxygens (including phenoxy) is 3. The van der Waals surface area contributed by atoms with Crippen molar-refractivity contribution < 1.29 is 23.8 Å². The molecule has 2 heterocycles. The zero-order chi connectivity index (χ0) is 38.8. The molecule has 0 aliphatic heterocycles. The number of nitrogens with one attached hydrogen (secondary N) is 2. The Hall–Kier alpha value is -6.73. The quantitative estimate of drug-likeness (QED) is 0.0707. The molecule has 282 valence electrons. The molecule has 6 rings (SSSR count). The van der Waals surface area contributed by atoms with Gasteiger partial charge in [0.1, 0.15) is 17.2 Å². The number of anilines is 2. The van der Waals surface area contributed by atoms with Crippen molar-refractivity contribution in [1.82, 2.24) is 19.9 Å². The third-order valence-corrected chi connectivity index (χ3v) is 8.11. The Morgan fingerprint density at radius 2 is 0.982 bits per heavy atom. The first-order valence-electron chi connectivity index (χ1n) is 17.4. The molecule has 0 fully saturated rings. The molecule has 0 saturated carbocycles. The SMILES string of the molecule is COc1ccc(OCCCNc2nccc(-c3ccc(C(N)=O)cc3)n2)cc1.NC(=O)c1ccc(-c2ccnc(NCCCOc3ccc(Cl)cc3)n2)cc1. The number of primary amides is 2. The van der Waals surface area contributed by atoms with Gasteiger partial charge in [0.25, 0.3) is 0 Å². The van der Waals surface area contributed by atoms with E-state index in [1.807, 2.05) is 72.8 Å². The van der Waals surface area contributed by atoms with Gasteiger partial charge in [-0.15, -0.1) is 0 Å². The fourth-order valence-electron chi connectivity index (χ4n) is 4.95. The molecule has 14 heteroatoms. The van der Waals surface area contributed by atoms with Crippen molar-refractivity contribution in [3.05, 3.63) is 138 Å². The fraction of sp³-hybridized carbons (Fsp3) is 0.171. The molecule has 2 aromatic heterocycles. The van der Waals surface area contributed by atoms with Crippen LogP contribution in [0.25, 0.3) is 22.5 Å². The molecule has 0 aliphatic rings. The predicted octanol–water partition coefficient (Wildman–Crippen LogP) is 6.91. The van der Waals surface area contributed by atoms with Crippen LogP contribution in [0, 0.1) is 0 Å². The standard InChI is InChI=1S/C21H22N4O3.C20H19ClN4O2/c1-27-17-7-9-18(10-8-17)28-14-2-12-23-21-24-13-11-19(25-21)15-3-5-16(6-4-15)20(22)26;21-16-6-8-17(9-7-16)27-13-1-11-23-20-24-12-10-18(25-20)14-2-4-15(5-3-14)19(22)26/h3-11,13H,2,12,14H2,1H3,(H2,22,26)(H,23,24,25);2-10,12H,1,11,13H2,(H2,22,26)(H,23,24,25). The van der Waals surface area contributed by atoms with Crippen LogP contribution >= 0.6 is 11.6 Å². The summed E-state index contributed by atoms with van der Waals surface area (Å²) in [6.45, 7) is 2.51. The number of rotatable bonds is 17. The smallest absolute Gasteiger partial charge is 0.248 e. The zero-order valence-electron chi connectivity index (χ0n) is 30.2. The Labute approximate surface area is 324 Å². The second-order valence-corrected chi connectivity index (χ2v) is 12.2. The van der Waals surface area contributed by atoms with Crippen LogP contribution in [0.15, 0.2) is 122 Å². The van der Waals surface area contributed by atoms with E-state index < -0.39 is 11.8 Å². The Balaban J connectivity index is 0.000000211. The molecule has 55 heavy (non-hydrogen) atoms. The molecule has 0 atom stereocenters. The van der Waals surface area contributed by atoms with Crippen LogP contribution in [0.2, 0.25) is 5.02 Å². The van der Waals surface area contributed by atoms with E-state index in [-0.39, 0.29) is 0 Å². The van der Waals surface area contributed by atoms with Gasteiger partial charge in [0, 0.05) is 52.8 Å². The van der Waals surface area contributed by atoms with Crippen molar-refractivity contribution in [2.24, 2.45) is 11.5 Å². The average molecular weight is 761 g/mol. The lowest BCUT2D eigenvalue weighted by atomic mass is 10.1. The molecular formula is C41H41ClN8O5. The molecule has 0 radical (unpaired) electrons. The van der Waals surface area contributed by atoms with Crippen molar-refractivity contribution in [2.75, 3.05) is 44.0 Å². The average Bonchev–Trinajstić information content (AvgIpc) is 3.22. The van der Waals surface area contributed by atoms with Crippen LogP contribution in [0.5, 0.6) is 17.2 Å². The lowest BCUT2D eigenvalue weighted by Crippen LogP contribution is -2.10. The summed E-state index contributed by atoms with van der Waals surface area (Å²) in [6, 6.07) is 32.4. The van der Waals surface area contributed by atoms with Gasteiger partial charge in [-0.05, 0) is 97.8 Å². The highest BCUT2D eigenvalue weighted by Crippen LogP contribution is 2.21. The maximum Gasteiger partial charge on any atom is 0.248 e. The summed E-state index contributed by atoms with van der Waals surface area (Å²) in [6.07, 6.45) is 4.98. The molecular weight excluding hydrogens is 720 g/mol. The van der Waals surface area contributed by atoms with Crippen LogP contribution in [-0.4, -0.2) is 65.2 Å². The fourth-order valence-corrected chi connectivity index (χ4v) is 5.07. The second kappa shape index (κ2) is 20.5. The number of hydrogen-bond donors (Lipinski definition) is 4. The molecule has 0 spiro atoms. The van der Waals surface area contributed by atoms with Gasteiger partial charge in [-0.25, -0.2) is 19.9 Å². The minimum Gasteiger partial charge on any atom is -0.497 e. The van der Waals surface area contributed by atoms with E-state index in [0.29, 0.717) is 54.3 Å². The highest BCUT2D eigenvalue weighted by atomic mass is 35.5. The summed E-state index contributed by atoms with van der Waals surface area (Å²) in [5.74, 6) is 2.57. The predicted molar refractivity (Wildman–Crippen MR) is 214 cm³/mol. The van der Waals surface area contributed by atoms with Gasteiger partial charge >= 0.3 is 0 Å². The first kappa shape index (κ1) is 39.5. The number of nitrogens with two attached hydrogens (primary N) is 2. The highest BCUT2D eigenvalue weighted by molar-refractivity contribution is 6.30. The van der Waals surface area contributed by atoms with Gasteiger partial charge in [0.15, 0.2) is 0 Å². The van der Waals surface area contributed by atoms with E-state index in [2.05, 4.69) is 30.6 Å². The van der Waals surface area contributed by atoms with Crippen molar-refractivity contribution in [1.29, 1.82) is 0 Å². The number of hydrogen-bond acceptors (Lipinski definition) is 11. The van der Waals surface area contributed by atoms with Gasteiger partial charge < -0.3 is 36.3 Å². The van der Waals surface area contributed by atoms with Crippen molar-refractivity contribution in [3.63, 3.8) is 0 Å². The number of carbonyl (C=O) groups is 2. The Kier molecular flexibility index (Phi) is 14.7. The number of carbonyl (C=O) groups excluding carboxylic acids is 2. The minimum atomic E-state index is -0.451. The first-order chi connectivity index (χ1) is 26.8. The number of methoxy groups -OCH3 is 1. The highest BCUT2D eigenvalue weighted by Gasteiger charge is 2.07. The van der Waals surface area contributed by atoms with Crippen LogP contribution in [0.3, 0.4) is 0 Å². The minimum absolute atomic E-state index is 0.451. The largest absolute Gasteiger partial charge is 0.497 e. The molecule has 13 nitrogen and oxygen atoms in total. The van der Waals surface area contributed by atoms with E-state index in [0.717, 1.165) is 52.6 Å². The topological polar surface area (TPSA) is 189 Å². The summed E-state index contributed by atoms with van der Waals surface area (Å²) in [7, 11) is 1.63. The monoisotopic (exact) mass is 760 g/mol. The molecule has 0 aliphatic carbocycles. The van der Waals surface area contributed by atoms with Gasteiger partial charge in [-0.3, -0.25) is 9.59 Å². The summed E-state index contributed by atoms with van der Waals surface area (Å²) in [5.41, 5.74) is 14.8. The molecule has 2 amide bonds. The van der Waals surface area contributed by atoms with E-state index >= 15 is 0 Å². The van der Waals surface area contributed by atoms with Crippen molar-refractivity contribution in [2.45, 2.75) is 12.8 Å². The zero-order valence-corrected chi connectivity index (χ0v) is 30.9. The summed E-state index contributed by atoms with van der Waals surface area (Å²) in [5, 5.41) is 7.06. The number of nitrogens with zero attached hydrogens (tertiary/aromatic N) is 4. The number of halogens is 1. The molecule has 6 N–H and O–H groups in total. The van der Waals surface area contributed by atoms with E-state index in [1.165, 1.54) is 0 Å². The van der Waals surface area contributed by atoms with Crippen LogP contribution in [-0.2, 0) is 0 Å². The van der Waals surface area contributed by atoms with E-state index in [4.69, 9.17) is 37.3 Å². The lowest BCUT2D eigenvalue weighted by molar-refractivity contribution is 0.0992. The molecule has 6 aromatic rings. The molecule has 0 unspecified atom stereocenters. The van der Waals surface area contributed by atoms with E-state index in [9.17, 15) is 9.59 Å². The van der Waals surface area contributed by atoms with Gasteiger partial charge in [-0.2, -0.15) is 0 Å². The number of aromatic nitrogens is 4. The maximum atomic E-state index is 11.2. The van der Waals surface area contributed by atoms with Gasteiger partial charge in [-0.1, -0.05) is 35.9 Å². The normalized spacial score (nSPS) is 10.4. The number of amides is 2. The molecule has 4 aromatic carbocycles. The lowest BCUT2D eigenvalue weighted by Gasteiger charge is -2.09. The summed E-state index contributed by atoms with van der Waals surface area (Å²) in [4.78, 5) is 39.8. The van der Waals surface area contributed by atoms with Crippen LogP contribution in [0.1, 0.15) is 33.6 Å². The van der Waals surface area contributed by atoms with Crippen LogP contribution in [0.4, 0.5) is 11.9 Å². The second-order valence-electron chi connectivity index (χ2n) is 11.8. The van der Waals surface area contributed by atoms with Crippen molar-refractivity contribution in [3.8, 4) is 39.8 Å². The Bertz CT molecular complexity index is 2120. The van der Waals surface area contributed by atoms with Crippen molar-refractivity contribution >= 4 is 35.3 Å². The summed E-state index contributed by atoms with van der Waals surface area (Å²) < 4.78 is 16.5. The van der Waals surface area contributed by atoms with E-state index in [1.54, 1.807) is 55.9 Å². The number of benzene rings is 4. The summed E-state index contributed by atoms with van der Waals surface area (Å²) >= 11 is 5.84. The molecule has 0 bridgehead atoms. The third-order valence-electron chi connectivity index (χ3n) is 7.86. The van der Waals surface area contributed by atoms with Gasteiger partial charge in [0.2, 0.25) is 23.7 Å². The molecule has 0 saturated heterocycles. The van der Waals surface area contributed by atoms with Crippen LogP contribution < -0.4 is 36.3 Å². The maximum absolute atomic E-state index is 11.2. The Morgan fingerprint density at radius 1 is 0.582 bits per heavy atom. The first-order valence-corrected chi connectivity index (χ1v) is 17.7. The Morgan fingerprint density at radius 3 is 1.38 bits per heavy atom. The third kappa shape index (κ3) is 12.7.